The molecule has 0 spiro atoms. The van der Waals surface area contributed by atoms with Crippen molar-refractivity contribution in [3.05, 3.63) is 90.4 Å². The van der Waals surface area contributed by atoms with Crippen LogP contribution in [0, 0.1) is 0 Å². The Labute approximate surface area is 179 Å². The van der Waals surface area contributed by atoms with Crippen LogP contribution in [0.25, 0.3) is 10.8 Å². The summed E-state index contributed by atoms with van der Waals surface area (Å²) in [6.07, 6.45) is 1.07. The zero-order chi connectivity index (χ0) is 21.8. The van der Waals surface area contributed by atoms with E-state index in [2.05, 4.69) is 10.0 Å². The number of amides is 1. The molecule has 2 N–H and O–H groups in total. The second-order valence-corrected chi connectivity index (χ2v) is 8.72. The van der Waals surface area contributed by atoms with Gasteiger partial charge in [0.1, 0.15) is 18.1 Å². The van der Waals surface area contributed by atoms with E-state index in [1.165, 1.54) is 0 Å². The predicted octanol–water partition coefficient (Wildman–Crippen LogP) is 4.64. The van der Waals surface area contributed by atoms with Crippen LogP contribution in [0.2, 0.25) is 0 Å². The van der Waals surface area contributed by atoms with Gasteiger partial charge >= 0.3 is 0 Å². The fourth-order valence-electron chi connectivity index (χ4n) is 3.02. The van der Waals surface area contributed by atoms with Gasteiger partial charge < -0.3 is 14.5 Å². The molecule has 1 amide bonds. The molecular weight excluding hydrogens is 416 g/mol. The van der Waals surface area contributed by atoms with Gasteiger partial charge in [-0.2, -0.15) is 0 Å². The first-order valence-electron chi connectivity index (χ1n) is 9.45. The highest BCUT2D eigenvalue weighted by atomic mass is 32.2. The van der Waals surface area contributed by atoms with E-state index in [-0.39, 0.29) is 12.4 Å². The smallest absolute Gasteiger partial charge is 0.291 e. The van der Waals surface area contributed by atoms with E-state index in [9.17, 15) is 13.2 Å². The van der Waals surface area contributed by atoms with E-state index in [0.717, 1.165) is 17.0 Å². The van der Waals surface area contributed by atoms with Crippen LogP contribution in [-0.4, -0.2) is 20.6 Å². The van der Waals surface area contributed by atoms with Gasteiger partial charge in [-0.3, -0.25) is 9.52 Å². The van der Waals surface area contributed by atoms with Crippen LogP contribution in [0.4, 0.5) is 11.4 Å². The van der Waals surface area contributed by atoms with Crippen LogP contribution in [-0.2, 0) is 16.6 Å². The third kappa shape index (κ3) is 5.43. The maximum atomic E-state index is 12.4. The molecule has 0 radical (unpaired) electrons. The topological polar surface area (TPSA) is 97.6 Å². The number of benzene rings is 3. The van der Waals surface area contributed by atoms with Gasteiger partial charge in [0.15, 0.2) is 5.76 Å². The van der Waals surface area contributed by atoms with Gasteiger partial charge in [0.25, 0.3) is 5.91 Å². The molecule has 7 nitrogen and oxygen atoms in total. The van der Waals surface area contributed by atoms with E-state index in [1.54, 1.807) is 36.4 Å². The van der Waals surface area contributed by atoms with Crippen molar-refractivity contribution in [3.8, 4) is 5.75 Å². The maximum Gasteiger partial charge on any atom is 0.291 e. The number of anilines is 2. The van der Waals surface area contributed by atoms with Gasteiger partial charge in [0.05, 0.1) is 6.26 Å². The first-order valence-corrected chi connectivity index (χ1v) is 11.3. The van der Waals surface area contributed by atoms with Crippen molar-refractivity contribution >= 4 is 38.1 Å². The summed E-state index contributed by atoms with van der Waals surface area (Å²) in [6, 6.07) is 23.4. The quantitative estimate of drug-likeness (QED) is 0.440. The van der Waals surface area contributed by atoms with E-state index in [4.69, 9.17) is 9.15 Å². The lowest BCUT2D eigenvalue weighted by atomic mass is 10.1. The van der Waals surface area contributed by atoms with Crippen LogP contribution in [0.3, 0.4) is 0 Å². The van der Waals surface area contributed by atoms with Crippen molar-refractivity contribution in [3.63, 3.8) is 0 Å². The minimum atomic E-state index is -3.35. The number of carbonyl (C=O) groups is 1. The molecule has 3 aromatic carbocycles. The lowest BCUT2D eigenvalue weighted by molar-refractivity contribution is 0.0992. The minimum Gasteiger partial charge on any atom is -0.486 e. The van der Waals surface area contributed by atoms with Crippen molar-refractivity contribution in [1.29, 1.82) is 0 Å². The van der Waals surface area contributed by atoms with Crippen LogP contribution >= 0.6 is 0 Å². The van der Waals surface area contributed by atoms with E-state index < -0.39 is 15.9 Å². The molecule has 0 saturated heterocycles. The fraction of sp³-hybridized carbons (Fsp3) is 0.0870. The Hall–Kier alpha value is -3.78. The molecule has 4 rings (SSSR count). The monoisotopic (exact) mass is 436 g/mol. The lowest BCUT2D eigenvalue weighted by Gasteiger charge is -2.07. The van der Waals surface area contributed by atoms with Crippen LogP contribution in [0.15, 0.2) is 83.3 Å². The van der Waals surface area contributed by atoms with Crippen molar-refractivity contribution in [2.45, 2.75) is 6.61 Å². The molecule has 31 heavy (non-hydrogen) atoms. The number of hydrogen-bond acceptors (Lipinski definition) is 5. The summed E-state index contributed by atoms with van der Waals surface area (Å²) in [4.78, 5) is 12.4. The van der Waals surface area contributed by atoms with Crippen LogP contribution < -0.4 is 14.8 Å². The van der Waals surface area contributed by atoms with Crippen molar-refractivity contribution < 1.29 is 22.4 Å². The third-order valence-corrected chi connectivity index (χ3v) is 5.04. The molecule has 4 aromatic rings. The molecule has 0 fully saturated rings. The fourth-order valence-corrected chi connectivity index (χ4v) is 3.58. The Bertz CT molecular complexity index is 1330. The summed E-state index contributed by atoms with van der Waals surface area (Å²) >= 11 is 0. The number of furan rings is 1. The SMILES string of the molecule is CS(=O)(=O)Nc1ccc(NC(=O)c2ccc(COc3ccc4ccccc4c3)o2)cc1. The summed E-state index contributed by atoms with van der Waals surface area (Å²) in [5.41, 5.74) is 0.918. The summed E-state index contributed by atoms with van der Waals surface area (Å²) in [5, 5.41) is 4.92. The molecule has 0 aliphatic rings. The second kappa shape index (κ2) is 8.53. The molecule has 1 heterocycles. The number of carbonyl (C=O) groups excluding carboxylic acids is 1. The Morgan fingerprint density at radius 2 is 1.61 bits per heavy atom. The standard InChI is InChI=1S/C23H20N2O5S/c1-31(27,28)25-19-9-7-18(8-10-19)24-23(26)22-13-12-21(30-22)15-29-20-11-6-16-4-2-3-5-17(16)14-20/h2-14,25H,15H2,1H3,(H,24,26). The highest BCUT2D eigenvalue weighted by Crippen LogP contribution is 2.22. The number of ether oxygens (including phenoxy) is 1. The maximum absolute atomic E-state index is 12.4. The minimum absolute atomic E-state index is 0.149. The Kier molecular flexibility index (Phi) is 5.64. The van der Waals surface area contributed by atoms with Gasteiger partial charge in [-0.1, -0.05) is 30.3 Å². The number of rotatable bonds is 7. The summed E-state index contributed by atoms with van der Waals surface area (Å²) in [5.74, 6) is 0.964. The Morgan fingerprint density at radius 3 is 2.35 bits per heavy atom. The molecule has 0 bridgehead atoms. The molecule has 1 aromatic heterocycles. The average Bonchev–Trinajstić information content (AvgIpc) is 3.22. The second-order valence-electron chi connectivity index (χ2n) is 6.97. The molecular formula is C23H20N2O5S. The summed E-state index contributed by atoms with van der Waals surface area (Å²) < 4.78 is 36.2. The highest BCUT2D eigenvalue weighted by molar-refractivity contribution is 7.92. The zero-order valence-electron chi connectivity index (χ0n) is 16.7. The van der Waals surface area contributed by atoms with Crippen molar-refractivity contribution in [2.24, 2.45) is 0 Å². The first kappa shape index (κ1) is 20.5. The molecule has 158 valence electrons. The van der Waals surface area contributed by atoms with E-state index in [0.29, 0.717) is 22.9 Å². The number of sulfonamides is 1. The van der Waals surface area contributed by atoms with E-state index in [1.807, 2.05) is 42.5 Å². The molecule has 8 heteroatoms. The number of fused-ring (bicyclic) bond motifs is 1. The van der Waals surface area contributed by atoms with Gasteiger partial charge in [-0.15, -0.1) is 0 Å². The molecule has 0 aliphatic heterocycles. The first-order chi connectivity index (χ1) is 14.9. The van der Waals surface area contributed by atoms with Crippen molar-refractivity contribution in [2.75, 3.05) is 16.3 Å². The normalized spacial score (nSPS) is 11.3. The third-order valence-electron chi connectivity index (χ3n) is 4.43. The largest absolute Gasteiger partial charge is 0.486 e. The van der Waals surface area contributed by atoms with E-state index >= 15 is 0 Å². The zero-order valence-corrected chi connectivity index (χ0v) is 17.5. The van der Waals surface area contributed by atoms with Crippen molar-refractivity contribution in [1.82, 2.24) is 0 Å². The van der Waals surface area contributed by atoms with Crippen LogP contribution in [0.5, 0.6) is 5.75 Å². The van der Waals surface area contributed by atoms with Gasteiger partial charge in [0, 0.05) is 11.4 Å². The van der Waals surface area contributed by atoms with Gasteiger partial charge in [-0.25, -0.2) is 8.42 Å². The number of hydrogen-bond donors (Lipinski definition) is 2. The predicted molar refractivity (Wildman–Crippen MR) is 120 cm³/mol. The molecule has 0 atom stereocenters. The molecule has 0 aliphatic carbocycles. The average molecular weight is 436 g/mol. The van der Waals surface area contributed by atoms with Gasteiger partial charge in [0.2, 0.25) is 10.0 Å². The Balaban J connectivity index is 1.35. The van der Waals surface area contributed by atoms with Gasteiger partial charge in [-0.05, 0) is 59.3 Å². The lowest BCUT2D eigenvalue weighted by Crippen LogP contribution is -2.12. The number of nitrogens with one attached hydrogen (secondary N) is 2. The summed E-state index contributed by atoms with van der Waals surface area (Å²) in [7, 11) is -3.35. The highest BCUT2D eigenvalue weighted by Gasteiger charge is 2.12. The Morgan fingerprint density at radius 1 is 0.903 bits per heavy atom. The summed E-state index contributed by atoms with van der Waals surface area (Å²) in [6.45, 7) is 0.192. The molecule has 0 unspecified atom stereocenters. The van der Waals surface area contributed by atoms with Crippen LogP contribution in [0.1, 0.15) is 16.3 Å². The molecule has 0 saturated carbocycles.